The van der Waals surface area contributed by atoms with Crippen LogP contribution in [0.15, 0.2) is 35.3 Å². The number of nitrogens with one attached hydrogen (secondary N) is 2. The van der Waals surface area contributed by atoms with E-state index in [1.165, 1.54) is 18.7 Å². The van der Waals surface area contributed by atoms with E-state index >= 15 is 0 Å². The molecule has 25 heavy (non-hydrogen) atoms. The standard InChI is InChI=1S/C16H15N5O4/c1-3-24-16(23)11-9(2)25-15-12(11)13(18-8-19-15)20-21-14(22)10-4-6-17-7-5-10/h4-8H,3H2,1-2H3,(H,21,22)(H,18,19,20). The number of carbonyl (C=O) groups is 2. The molecule has 0 fully saturated rings. The lowest BCUT2D eigenvalue weighted by atomic mass is 10.2. The minimum absolute atomic E-state index is 0.219. The number of hydrogen-bond donors (Lipinski definition) is 2. The van der Waals surface area contributed by atoms with Gasteiger partial charge in [-0.3, -0.25) is 20.6 Å². The third kappa shape index (κ3) is 3.25. The Morgan fingerprint density at radius 1 is 1.24 bits per heavy atom. The van der Waals surface area contributed by atoms with Gasteiger partial charge in [0.25, 0.3) is 5.91 Å². The lowest BCUT2D eigenvalue weighted by Gasteiger charge is -2.09. The molecule has 0 aromatic carbocycles. The summed E-state index contributed by atoms with van der Waals surface area (Å²) in [6.45, 7) is 3.56. The molecule has 3 aromatic heterocycles. The molecule has 2 N–H and O–H groups in total. The molecule has 0 aliphatic heterocycles. The molecule has 0 aliphatic carbocycles. The van der Waals surface area contributed by atoms with E-state index in [-0.39, 0.29) is 29.6 Å². The number of nitrogens with zero attached hydrogens (tertiary/aromatic N) is 3. The van der Waals surface area contributed by atoms with Crippen molar-refractivity contribution >= 4 is 28.8 Å². The zero-order valence-corrected chi connectivity index (χ0v) is 13.6. The normalized spacial score (nSPS) is 10.5. The minimum Gasteiger partial charge on any atom is -0.462 e. The van der Waals surface area contributed by atoms with Crippen molar-refractivity contribution in [3.8, 4) is 0 Å². The van der Waals surface area contributed by atoms with Gasteiger partial charge in [-0.25, -0.2) is 14.8 Å². The number of aromatic nitrogens is 3. The van der Waals surface area contributed by atoms with Gasteiger partial charge in [-0.1, -0.05) is 0 Å². The summed E-state index contributed by atoms with van der Waals surface area (Å²) in [4.78, 5) is 36.2. The van der Waals surface area contributed by atoms with Crippen molar-refractivity contribution < 1.29 is 18.7 Å². The molecule has 9 heteroatoms. The molecule has 3 rings (SSSR count). The van der Waals surface area contributed by atoms with E-state index < -0.39 is 5.97 Å². The van der Waals surface area contributed by atoms with E-state index in [9.17, 15) is 9.59 Å². The first kappa shape index (κ1) is 16.4. The van der Waals surface area contributed by atoms with Gasteiger partial charge in [0.2, 0.25) is 5.71 Å². The molecule has 0 unspecified atom stereocenters. The number of esters is 1. The number of amides is 1. The summed E-state index contributed by atoms with van der Waals surface area (Å²) >= 11 is 0. The highest BCUT2D eigenvalue weighted by atomic mass is 16.5. The quantitative estimate of drug-likeness (QED) is 0.533. The maximum atomic E-state index is 12.2. The van der Waals surface area contributed by atoms with Crippen LogP contribution in [-0.4, -0.2) is 33.4 Å². The van der Waals surface area contributed by atoms with Crippen LogP contribution in [0.1, 0.15) is 33.4 Å². The SMILES string of the molecule is CCOC(=O)c1c(C)oc2ncnc(NNC(=O)c3ccncc3)c12. The van der Waals surface area contributed by atoms with Gasteiger partial charge in [-0.2, -0.15) is 0 Å². The molecule has 0 radical (unpaired) electrons. The zero-order valence-electron chi connectivity index (χ0n) is 13.6. The summed E-state index contributed by atoms with van der Waals surface area (Å²) in [5, 5.41) is 0.341. The number of fused-ring (bicyclic) bond motifs is 1. The van der Waals surface area contributed by atoms with Crippen LogP contribution in [0.4, 0.5) is 5.82 Å². The maximum Gasteiger partial charge on any atom is 0.342 e. The summed E-state index contributed by atoms with van der Waals surface area (Å²) in [7, 11) is 0. The van der Waals surface area contributed by atoms with Gasteiger partial charge in [0.05, 0.1) is 12.0 Å². The highest BCUT2D eigenvalue weighted by Gasteiger charge is 2.23. The number of hydrogen-bond acceptors (Lipinski definition) is 8. The van der Waals surface area contributed by atoms with Crippen LogP contribution < -0.4 is 10.9 Å². The fraction of sp³-hybridized carbons (Fsp3) is 0.188. The molecule has 9 nitrogen and oxygen atoms in total. The smallest absolute Gasteiger partial charge is 0.342 e. The number of hydrazine groups is 1. The van der Waals surface area contributed by atoms with Gasteiger partial charge in [0.1, 0.15) is 17.7 Å². The van der Waals surface area contributed by atoms with Gasteiger partial charge in [-0.15, -0.1) is 0 Å². The molecule has 0 aliphatic rings. The van der Waals surface area contributed by atoms with E-state index in [1.54, 1.807) is 26.0 Å². The fourth-order valence-electron chi connectivity index (χ4n) is 2.28. The van der Waals surface area contributed by atoms with Gasteiger partial charge >= 0.3 is 5.97 Å². The second kappa shape index (κ2) is 6.95. The van der Waals surface area contributed by atoms with E-state index in [2.05, 4.69) is 25.8 Å². The molecule has 3 heterocycles. The van der Waals surface area contributed by atoms with Crippen molar-refractivity contribution in [3.63, 3.8) is 0 Å². The van der Waals surface area contributed by atoms with Gasteiger partial charge in [0, 0.05) is 18.0 Å². The van der Waals surface area contributed by atoms with Gasteiger partial charge in [0.15, 0.2) is 5.82 Å². The van der Waals surface area contributed by atoms with Crippen LogP contribution in [0.2, 0.25) is 0 Å². The van der Waals surface area contributed by atoms with E-state index in [0.29, 0.717) is 16.7 Å². The molecule has 0 saturated heterocycles. The molecule has 0 bridgehead atoms. The molecule has 0 spiro atoms. The number of ether oxygens (including phenoxy) is 1. The molecule has 128 valence electrons. The van der Waals surface area contributed by atoms with E-state index in [4.69, 9.17) is 9.15 Å². The van der Waals surface area contributed by atoms with Crippen LogP contribution in [0.5, 0.6) is 0 Å². The summed E-state index contributed by atoms with van der Waals surface area (Å²) < 4.78 is 10.5. The first-order valence-electron chi connectivity index (χ1n) is 7.49. The lowest BCUT2D eigenvalue weighted by Crippen LogP contribution is -2.30. The number of rotatable bonds is 5. The third-order valence-electron chi connectivity index (χ3n) is 3.38. The minimum atomic E-state index is -0.544. The average molecular weight is 341 g/mol. The Kier molecular flexibility index (Phi) is 4.55. The second-order valence-corrected chi connectivity index (χ2v) is 4.97. The van der Waals surface area contributed by atoms with Crippen LogP contribution in [0, 0.1) is 6.92 Å². The highest BCUT2D eigenvalue weighted by molar-refractivity contribution is 6.08. The Morgan fingerprint density at radius 2 is 2.00 bits per heavy atom. The molecule has 0 atom stereocenters. The fourth-order valence-corrected chi connectivity index (χ4v) is 2.28. The Labute approximate surface area is 142 Å². The lowest BCUT2D eigenvalue weighted by molar-refractivity contribution is 0.0526. The summed E-state index contributed by atoms with van der Waals surface area (Å²) in [6, 6.07) is 3.14. The van der Waals surface area contributed by atoms with Crippen LogP contribution in [0.25, 0.3) is 11.1 Å². The van der Waals surface area contributed by atoms with Crippen molar-refractivity contribution in [1.82, 2.24) is 20.4 Å². The number of anilines is 1. The van der Waals surface area contributed by atoms with Crippen molar-refractivity contribution in [2.24, 2.45) is 0 Å². The predicted octanol–water partition coefficient (Wildman–Crippen LogP) is 1.86. The molecular weight excluding hydrogens is 326 g/mol. The van der Waals surface area contributed by atoms with Crippen molar-refractivity contribution in [2.45, 2.75) is 13.8 Å². The monoisotopic (exact) mass is 341 g/mol. The Bertz CT molecular complexity index is 923. The summed E-state index contributed by atoms with van der Waals surface area (Å²) in [5.74, 6) is -0.339. The van der Waals surface area contributed by atoms with Crippen LogP contribution in [0.3, 0.4) is 0 Å². The molecule has 1 amide bonds. The maximum absolute atomic E-state index is 12.2. The van der Waals surface area contributed by atoms with Crippen molar-refractivity contribution in [3.05, 3.63) is 47.7 Å². The zero-order chi connectivity index (χ0) is 17.8. The molecular formula is C16H15N5O4. The van der Waals surface area contributed by atoms with Gasteiger partial charge < -0.3 is 9.15 Å². The van der Waals surface area contributed by atoms with Gasteiger partial charge in [-0.05, 0) is 26.0 Å². The average Bonchev–Trinajstić information content (AvgIpc) is 2.97. The predicted molar refractivity (Wildman–Crippen MR) is 87.8 cm³/mol. The van der Waals surface area contributed by atoms with Crippen LogP contribution in [-0.2, 0) is 4.74 Å². The Hall–Kier alpha value is -3.49. The number of carbonyl (C=O) groups excluding carboxylic acids is 2. The third-order valence-corrected chi connectivity index (χ3v) is 3.38. The van der Waals surface area contributed by atoms with Crippen molar-refractivity contribution in [1.29, 1.82) is 0 Å². The summed E-state index contributed by atoms with van der Waals surface area (Å²) in [5.41, 5.74) is 6.07. The number of furan rings is 1. The number of pyridine rings is 1. The largest absolute Gasteiger partial charge is 0.462 e. The van der Waals surface area contributed by atoms with Crippen LogP contribution >= 0.6 is 0 Å². The second-order valence-electron chi connectivity index (χ2n) is 4.97. The Morgan fingerprint density at radius 3 is 2.72 bits per heavy atom. The number of aryl methyl sites for hydroxylation is 1. The van der Waals surface area contributed by atoms with Crippen molar-refractivity contribution in [2.75, 3.05) is 12.0 Å². The first-order valence-corrected chi connectivity index (χ1v) is 7.49. The van der Waals surface area contributed by atoms with E-state index in [1.807, 2.05) is 0 Å². The topological polar surface area (TPSA) is 119 Å². The first-order chi connectivity index (χ1) is 12.1. The highest BCUT2D eigenvalue weighted by Crippen LogP contribution is 2.29. The van der Waals surface area contributed by atoms with E-state index in [0.717, 1.165) is 0 Å². The molecule has 3 aromatic rings. The Balaban J connectivity index is 1.91. The summed E-state index contributed by atoms with van der Waals surface area (Å²) in [6.07, 6.45) is 4.29. The molecule has 0 saturated carbocycles.